The van der Waals surface area contributed by atoms with Crippen LogP contribution in [0.15, 0.2) is 21.0 Å². The monoisotopic (exact) mass is 583 g/mol. The van der Waals surface area contributed by atoms with E-state index in [1.807, 2.05) is 13.0 Å². The molecule has 5 aliphatic rings. The molecule has 5 aliphatic carbocycles. The van der Waals surface area contributed by atoms with Gasteiger partial charge in [0.25, 0.3) is 5.91 Å². The molecule has 1 amide bonds. The molecule has 0 bridgehead atoms. The molecule has 9 nitrogen and oxygen atoms in total. The summed E-state index contributed by atoms with van der Waals surface area (Å²) in [5.74, 6) is -0.323. The first-order chi connectivity index (χ1) is 19.4. The number of nitrogens with zero attached hydrogens (tertiary/aromatic N) is 2. The molecular weight excluding hydrogens is 534 g/mol. The van der Waals surface area contributed by atoms with Gasteiger partial charge in [-0.25, -0.2) is 14.8 Å². The highest BCUT2D eigenvalue weighted by Gasteiger charge is 2.70. The van der Waals surface area contributed by atoms with Gasteiger partial charge < -0.3 is 4.74 Å². The van der Waals surface area contributed by atoms with Gasteiger partial charge in [-0.1, -0.05) is 54.0 Å². The normalized spacial score (nSPS) is 45.9. The lowest BCUT2D eigenvalue weighted by Crippen LogP contribution is -2.67. The largest absolute Gasteiger partial charge is 0.459 e. The third kappa shape index (κ3) is 3.83. The number of ketones is 1. The Morgan fingerprint density at radius 2 is 1.71 bits per heavy atom. The first kappa shape index (κ1) is 29.6. The van der Waals surface area contributed by atoms with E-state index in [1.54, 1.807) is 0 Å². The molecule has 0 radical (unpaired) electrons. The highest BCUT2D eigenvalue weighted by atomic mass is 16.6. The maximum atomic E-state index is 14.6. The summed E-state index contributed by atoms with van der Waals surface area (Å²) in [6, 6.07) is 0.117. The molecule has 0 unspecified atom stereocenters. The van der Waals surface area contributed by atoms with Crippen molar-refractivity contribution in [3.63, 3.8) is 0 Å². The lowest BCUT2D eigenvalue weighted by Gasteiger charge is -2.70. The van der Waals surface area contributed by atoms with Crippen LogP contribution in [0.2, 0.25) is 0 Å². The summed E-state index contributed by atoms with van der Waals surface area (Å²) in [4.78, 5) is 41.8. The van der Waals surface area contributed by atoms with Crippen molar-refractivity contribution < 1.29 is 24.1 Å². The summed E-state index contributed by atoms with van der Waals surface area (Å²) in [6.45, 7) is 16.0. The van der Waals surface area contributed by atoms with E-state index in [9.17, 15) is 19.6 Å². The number of aromatic nitrogens is 2. The number of carbonyl (C=O) groups is 2. The Bertz CT molecular complexity index is 1390. The molecule has 9 heteroatoms. The number of hydrogen-bond donors (Lipinski definition) is 2. The number of hydroxylamine groups is 2. The molecule has 2 N–H and O–H groups in total. The average Bonchev–Trinajstić information content (AvgIpc) is 3.32. The maximum absolute atomic E-state index is 14.6. The molecule has 6 rings (SSSR count). The zero-order valence-electron chi connectivity index (χ0n) is 26.6. The van der Waals surface area contributed by atoms with E-state index < -0.39 is 11.2 Å². The molecule has 232 valence electrons. The van der Waals surface area contributed by atoms with Gasteiger partial charge in [-0.15, -0.1) is 0 Å². The molecule has 1 aromatic rings. The fourth-order valence-corrected chi connectivity index (χ4v) is 11.4. The van der Waals surface area contributed by atoms with Crippen LogP contribution in [-0.2, 0) is 9.59 Å². The minimum Gasteiger partial charge on any atom is -0.459 e. The maximum Gasteiger partial charge on any atom is 0.441 e. The van der Waals surface area contributed by atoms with Crippen molar-refractivity contribution in [2.75, 3.05) is 7.05 Å². The SMILES string of the molecule is CN(O)C(=O)[C@@]1(C)CC[C@]2(C)CC[C@]3(C)C(=CC(=O)[C@@H]4[C@@]5(C)CC[C@H](Oc6noc(=O)[nH]6)C(C)(C)[C@@H]5CC[C@]43C)[C@@H]2C1. The molecule has 0 aromatic carbocycles. The van der Waals surface area contributed by atoms with E-state index in [0.717, 1.165) is 56.4 Å². The van der Waals surface area contributed by atoms with Crippen molar-refractivity contribution in [3.05, 3.63) is 22.2 Å². The molecule has 1 aromatic heterocycles. The number of carbonyl (C=O) groups excluding carboxylic acids is 2. The van der Waals surface area contributed by atoms with E-state index in [0.29, 0.717) is 6.42 Å². The van der Waals surface area contributed by atoms with Gasteiger partial charge in [0.15, 0.2) is 5.78 Å². The van der Waals surface area contributed by atoms with Crippen molar-refractivity contribution in [3.8, 4) is 6.01 Å². The van der Waals surface area contributed by atoms with Crippen LogP contribution in [-0.4, -0.2) is 45.3 Å². The number of fused-ring (bicyclic) bond motifs is 7. The van der Waals surface area contributed by atoms with Crippen molar-refractivity contribution in [1.29, 1.82) is 0 Å². The summed E-state index contributed by atoms with van der Waals surface area (Å²) in [7, 11) is 1.42. The highest BCUT2D eigenvalue weighted by Crippen LogP contribution is 2.75. The van der Waals surface area contributed by atoms with E-state index >= 15 is 0 Å². The minimum absolute atomic E-state index is 0.0449. The Labute approximate surface area is 248 Å². The number of amides is 1. The average molecular weight is 584 g/mol. The number of nitrogens with one attached hydrogen (secondary N) is 1. The summed E-state index contributed by atoms with van der Waals surface area (Å²) in [6.07, 6.45) is 9.90. The molecule has 9 atom stereocenters. The van der Waals surface area contributed by atoms with Crippen LogP contribution >= 0.6 is 0 Å². The smallest absolute Gasteiger partial charge is 0.441 e. The Balaban J connectivity index is 1.37. The second kappa shape index (κ2) is 9.05. The molecule has 0 aliphatic heterocycles. The van der Waals surface area contributed by atoms with Crippen LogP contribution in [0.5, 0.6) is 6.01 Å². The highest BCUT2D eigenvalue weighted by molar-refractivity contribution is 5.95. The van der Waals surface area contributed by atoms with Gasteiger partial charge in [0.05, 0.1) is 0 Å². The topological polar surface area (TPSA) is 126 Å². The Morgan fingerprint density at radius 1 is 1.02 bits per heavy atom. The number of aromatic amines is 1. The summed E-state index contributed by atoms with van der Waals surface area (Å²) in [5.41, 5.74) is -0.138. The predicted molar refractivity (Wildman–Crippen MR) is 156 cm³/mol. The first-order valence-electron chi connectivity index (χ1n) is 15.9. The fraction of sp³-hybridized carbons (Fsp3) is 0.818. The second-order valence-electron chi connectivity index (χ2n) is 16.4. The van der Waals surface area contributed by atoms with E-state index in [-0.39, 0.29) is 68.6 Å². The number of rotatable bonds is 3. The molecule has 4 fully saturated rings. The summed E-state index contributed by atoms with van der Waals surface area (Å²) < 4.78 is 10.9. The molecule has 0 saturated heterocycles. The van der Waals surface area contributed by atoms with Crippen molar-refractivity contribution in [2.45, 2.75) is 112 Å². The summed E-state index contributed by atoms with van der Waals surface area (Å²) in [5, 5.41) is 14.6. The van der Waals surface area contributed by atoms with E-state index in [4.69, 9.17) is 4.74 Å². The molecule has 0 spiro atoms. The molecular formula is C33H49N3O6. The Kier molecular flexibility index (Phi) is 6.39. The zero-order valence-corrected chi connectivity index (χ0v) is 26.6. The van der Waals surface area contributed by atoms with Gasteiger partial charge >= 0.3 is 11.8 Å². The van der Waals surface area contributed by atoms with Gasteiger partial charge in [0.1, 0.15) is 6.10 Å². The Morgan fingerprint density at radius 3 is 2.36 bits per heavy atom. The van der Waals surface area contributed by atoms with Gasteiger partial charge in [-0.2, -0.15) is 0 Å². The van der Waals surface area contributed by atoms with Crippen LogP contribution in [0.3, 0.4) is 0 Å². The third-order valence-corrected chi connectivity index (χ3v) is 14.0. The zero-order chi connectivity index (χ0) is 30.7. The van der Waals surface area contributed by atoms with Crippen LogP contribution in [0.4, 0.5) is 0 Å². The number of hydrogen-bond acceptors (Lipinski definition) is 7. The predicted octanol–water partition coefficient (Wildman–Crippen LogP) is 5.94. The van der Waals surface area contributed by atoms with Gasteiger partial charge in [0.2, 0.25) is 0 Å². The van der Waals surface area contributed by atoms with Crippen LogP contribution in [0.25, 0.3) is 0 Å². The van der Waals surface area contributed by atoms with Crippen molar-refractivity contribution in [1.82, 2.24) is 15.2 Å². The summed E-state index contributed by atoms with van der Waals surface area (Å²) >= 11 is 0. The lowest BCUT2D eigenvalue weighted by atomic mass is 9.33. The molecule has 1 heterocycles. The molecule has 4 saturated carbocycles. The van der Waals surface area contributed by atoms with E-state index in [1.165, 1.54) is 12.6 Å². The van der Waals surface area contributed by atoms with Crippen molar-refractivity contribution >= 4 is 11.7 Å². The van der Waals surface area contributed by atoms with Gasteiger partial charge in [0, 0.05) is 23.8 Å². The quantitative estimate of drug-likeness (QED) is 0.333. The van der Waals surface area contributed by atoms with Crippen LogP contribution in [0, 0.1) is 50.2 Å². The minimum atomic E-state index is -0.645. The molecule has 42 heavy (non-hydrogen) atoms. The number of ether oxygens (including phenoxy) is 1. The van der Waals surface area contributed by atoms with Gasteiger partial charge in [-0.3, -0.25) is 19.3 Å². The fourth-order valence-electron chi connectivity index (χ4n) is 11.4. The van der Waals surface area contributed by atoms with Gasteiger partial charge in [-0.05, 0) is 103 Å². The van der Waals surface area contributed by atoms with E-state index in [2.05, 4.69) is 56.2 Å². The first-order valence-corrected chi connectivity index (χ1v) is 15.9. The standard InChI is InChI=1S/C33H49N3O6/c1-28(2)22-9-12-33(7)24(31(22,5)11-10-23(28)41-26-34-27(39)42-35-26)21(37)17-19-20-18-30(4,25(38)36(8)40)14-13-29(20,3)15-16-32(19,33)6/h17,20,22-24,40H,9-16,18H2,1-8H3,(H,34,35,39)/t20-,22-,23-,24+,29+,30-,31-,32+,33+/m0/s1. The number of H-pyrrole nitrogens is 1. The number of allylic oxidation sites excluding steroid dienone is 2. The lowest BCUT2D eigenvalue weighted by molar-refractivity contribution is -0.200. The second-order valence-corrected chi connectivity index (χ2v) is 16.4. The van der Waals surface area contributed by atoms with Crippen LogP contribution < -0.4 is 10.5 Å². The Hall–Kier alpha value is -2.42. The third-order valence-electron chi connectivity index (χ3n) is 14.0. The van der Waals surface area contributed by atoms with Crippen molar-refractivity contribution in [2.24, 2.45) is 50.2 Å². The van der Waals surface area contributed by atoms with Crippen LogP contribution in [0.1, 0.15) is 106 Å².